The van der Waals surface area contributed by atoms with Crippen LogP contribution in [0.5, 0.6) is 0 Å². The first kappa shape index (κ1) is 19.9. The van der Waals surface area contributed by atoms with Crippen molar-refractivity contribution in [1.82, 2.24) is 9.13 Å². The number of aryl methyl sites for hydroxylation is 1. The fraction of sp³-hybridized carbons (Fsp3) is 0.0303. The Morgan fingerprint density at radius 1 is 0.429 bits per heavy atom. The molecule has 7 aromatic rings. The van der Waals surface area contributed by atoms with Gasteiger partial charge in [-0.15, -0.1) is 0 Å². The van der Waals surface area contributed by atoms with E-state index in [4.69, 9.17) is 0 Å². The van der Waals surface area contributed by atoms with Crippen LogP contribution >= 0.6 is 0 Å². The Kier molecular flexibility index (Phi) is 4.40. The summed E-state index contributed by atoms with van der Waals surface area (Å²) in [5, 5.41) is 3.85. The number of nitrogens with zero attached hydrogens (tertiary/aromatic N) is 2. The summed E-state index contributed by atoms with van der Waals surface area (Å²) in [6, 6.07) is 45.9. The van der Waals surface area contributed by atoms with E-state index in [0.29, 0.717) is 0 Å². The maximum Gasteiger partial charge on any atom is 0.0541 e. The lowest BCUT2D eigenvalue weighted by Gasteiger charge is -2.11. The average Bonchev–Trinajstić information content (AvgIpc) is 3.43. The van der Waals surface area contributed by atoms with E-state index in [9.17, 15) is 0 Å². The van der Waals surface area contributed by atoms with Crippen molar-refractivity contribution in [2.45, 2.75) is 6.92 Å². The molecule has 0 saturated carbocycles. The van der Waals surface area contributed by atoms with Crippen LogP contribution in [0.1, 0.15) is 5.69 Å². The van der Waals surface area contributed by atoms with Gasteiger partial charge in [0.2, 0.25) is 0 Å². The van der Waals surface area contributed by atoms with Crippen molar-refractivity contribution < 1.29 is 0 Å². The maximum absolute atomic E-state index is 2.36. The van der Waals surface area contributed by atoms with E-state index in [0.717, 1.165) is 0 Å². The van der Waals surface area contributed by atoms with Crippen molar-refractivity contribution in [3.8, 4) is 22.5 Å². The molecule has 0 aliphatic carbocycles. The third-order valence-corrected chi connectivity index (χ3v) is 7.06. The molecule has 166 valence electrons. The Balaban J connectivity index is 1.27. The van der Waals surface area contributed by atoms with Crippen LogP contribution < -0.4 is 0 Å². The zero-order valence-electron chi connectivity index (χ0n) is 19.5. The van der Waals surface area contributed by atoms with Gasteiger partial charge in [-0.25, -0.2) is 0 Å². The lowest BCUT2D eigenvalue weighted by Crippen LogP contribution is -1.96. The minimum absolute atomic E-state index is 1.18. The van der Waals surface area contributed by atoms with Crippen molar-refractivity contribution in [1.29, 1.82) is 0 Å². The van der Waals surface area contributed by atoms with Crippen LogP contribution in [0, 0.1) is 6.92 Å². The van der Waals surface area contributed by atoms with Gasteiger partial charge in [0, 0.05) is 33.2 Å². The zero-order valence-corrected chi connectivity index (χ0v) is 19.5. The molecule has 0 unspecified atom stereocenters. The van der Waals surface area contributed by atoms with Gasteiger partial charge in [-0.3, -0.25) is 0 Å². The zero-order chi connectivity index (χ0) is 23.4. The molecule has 0 amide bonds. The molecular formula is C33H24N2. The highest BCUT2D eigenvalue weighted by atomic mass is 15.0. The van der Waals surface area contributed by atoms with Gasteiger partial charge in [0.15, 0.2) is 0 Å². The predicted molar refractivity (Wildman–Crippen MR) is 148 cm³/mol. The molecule has 0 aliphatic heterocycles. The first-order chi connectivity index (χ1) is 17.3. The van der Waals surface area contributed by atoms with Gasteiger partial charge >= 0.3 is 0 Å². The summed E-state index contributed by atoms with van der Waals surface area (Å²) < 4.78 is 4.68. The highest BCUT2D eigenvalue weighted by Crippen LogP contribution is 2.33. The van der Waals surface area contributed by atoms with E-state index in [2.05, 4.69) is 143 Å². The van der Waals surface area contributed by atoms with E-state index in [-0.39, 0.29) is 0 Å². The molecule has 2 nitrogen and oxygen atoms in total. The van der Waals surface area contributed by atoms with Gasteiger partial charge < -0.3 is 9.13 Å². The smallest absolute Gasteiger partial charge is 0.0541 e. The molecule has 0 spiro atoms. The third kappa shape index (κ3) is 3.11. The number of fused-ring (bicyclic) bond motifs is 4. The van der Waals surface area contributed by atoms with Crippen LogP contribution in [0.4, 0.5) is 0 Å². The molecule has 2 aromatic heterocycles. The van der Waals surface area contributed by atoms with E-state index in [1.54, 1.807) is 0 Å². The number of para-hydroxylation sites is 3. The summed E-state index contributed by atoms with van der Waals surface area (Å²) in [7, 11) is 0. The first-order valence-electron chi connectivity index (χ1n) is 12.0. The first-order valence-corrected chi connectivity index (χ1v) is 12.0. The Morgan fingerprint density at radius 3 is 1.46 bits per heavy atom. The fourth-order valence-electron chi connectivity index (χ4n) is 5.44. The van der Waals surface area contributed by atoms with Crippen molar-refractivity contribution in [2.24, 2.45) is 0 Å². The summed E-state index contributed by atoms with van der Waals surface area (Å²) in [6.45, 7) is 2.17. The summed E-state index contributed by atoms with van der Waals surface area (Å²) >= 11 is 0. The minimum atomic E-state index is 1.18. The molecule has 0 saturated heterocycles. The topological polar surface area (TPSA) is 9.86 Å². The fourth-order valence-corrected chi connectivity index (χ4v) is 5.44. The molecule has 7 rings (SSSR count). The Hall–Kier alpha value is -4.56. The summed E-state index contributed by atoms with van der Waals surface area (Å²) in [4.78, 5) is 0. The van der Waals surface area contributed by atoms with Crippen LogP contribution in [0.15, 0.2) is 127 Å². The summed E-state index contributed by atoms with van der Waals surface area (Å²) in [5.41, 5.74) is 9.77. The lowest BCUT2D eigenvalue weighted by molar-refractivity contribution is 1.05. The molecule has 2 heteroatoms. The normalized spacial score (nSPS) is 11.6. The van der Waals surface area contributed by atoms with Gasteiger partial charge in [-0.1, -0.05) is 78.9 Å². The van der Waals surface area contributed by atoms with Gasteiger partial charge in [-0.05, 0) is 66.6 Å². The van der Waals surface area contributed by atoms with Crippen molar-refractivity contribution in [3.05, 3.63) is 133 Å². The molecule has 0 aliphatic rings. The van der Waals surface area contributed by atoms with Gasteiger partial charge in [0.05, 0.1) is 16.6 Å². The average molecular weight is 449 g/mol. The Bertz CT molecular complexity index is 1780. The number of hydrogen-bond donors (Lipinski definition) is 0. The number of rotatable bonds is 3. The second kappa shape index (κ2) is 7.75. The van der Waals surface area contributed by atoms with E-state index < -0.39 is 0 Å². The van der Waals surface area contributed by atoms with Crippen molar-refractivity contribution in [3.63, 3.8) is 0 Å². The van der Waals surface area contributed by atoms with Crippen molar-refractivity contribution in [2.75, 3.05) is 0 Å². The van der Waals surface area contributed by atoms with Crippen LogP contribution in [0.25, 0.3) is 55.2 Å². The highest BCUT2D eigenvalue weighted by molar-refractivity contribution is 6.09. The number of aromatic nitrogens is 2. The molecular weight excluding hydrogens is 424 g/mol. The van der Waals surface area contributed by atoms with E-state index >= 15 is 0 Å². The molecule has 35 heavy (non-hydrogen) atoms. The number of hydrogen-bond acceptors (Lipinski definition) is 0. The van der Waals surface area contributed by atoms with Gasteiger partial charge in [-0.2, -0.15) is 0 Å². The Labute approximate surface area is 204 Å². The second-order valence-corrected chi connectivity index (χ2v) is 9.14. The van der Waals surface area contributed by atoms with Crippen LogP contribution in [-0.4, -0.2) is 9.13 Å². The molecule has 0 radical (unpaired) electrons. The predicted octanol–water partition coefficient (Wildman–Crippen LogP) is 8.70. The van der Waals surface area contributed by atoms with Crippen LogP contribution in [-0.2, 0) is 0 Å². The molecule has 0 atom stereocenters. The third-order valence-electron chi connectivity index (χ3n) is 7.06. The van der Waals surface area contributed by atoms with Gasteiger partial charge in [0.25, 0.3) is 0 Å². The summed E-state index contributed by atoms with van der Waals surface area (Å²) in [6.07, 6.45) is 0. The standard InChI is InChI=1S/C33H24N2/c1-23-22-26-8-2-5-11-31(26)34(23)27-18-14-24(15-19-27)25-16-20-28(21-17-25)35-32-12-6-3-9-29(32)30-10-4-7-13-33(30)35/h2-22H,1H3. The van der Waals surface area contributed by atoms with E-state index in [1.165, 1.54) is 60.9 Å². The molecule has 0 bridgehead atoms. The van der Waals surface area contributed by atoms with E-state index in [1.807, 2.05) is 0 Å². The van der Waals surface area contributed by atoms with Crippen LogP contribution in [0.2, 0.25) is 0 Å². The Morgan fingerprint density at radius 2 is 0.886 bits per heavy atom. The highest BCUT2D eigenvalue weighted by Gasteiger charge is 2.12. The quantitative estimate of drug-likeness (QED) is 0.256. The van der Waals surface area contributed by atoms with Crippen molar-refractivity contribution >= 4 is 32.7 Å². The second-order valence-electron chi connectivity index (χ2n) is 9.14. The number of benzene rings is 5. The summed E-state index contributed by atoms with van der Waals surface area (Å²) in [5.74, 6) is 0. The molecule has 0 N–H and O–H groups in total. The molecule has 2 heterocycles. The SMILES string of the molecule is Cc1cc2ccccc2n1-c1ccc(-c2ccc(-n3c4ccccc4c4ccccc43)cc2)cc1. The van der Waals surface area contributed by atoms with Crippen LogP contribution in [0.3, 0.4) is 0 Å². The maximum atomic E-state index is 2.36. The van der Waals surface area contributed by atoms with Gasteiger partial charge in [0.1, 0.15) is 0 Å². The molecule has 5 aromatic carbocycles. The molecule has 0 fully saturated rings. The largest absolute Gasteiger partial charge is 0.314 e. The minimum Gasteiger partial charge on any atom is -0.314 e. The monoisotopic (exact) mass is 448 g/mol. The lowest BCUT2D eigenvalue weighted by atomic mass is 10.0.